The third kappa shape index (κ3) is 3.02. The summed E-state index contributed by atoms with van der Waals surface area (Å²) in [4.78, 5) is 11.7. The zero-order valence-corrected chi connectivity index (χ0v) is 10.7. The summed E-state index contributed by atoms with van der Waals surface area (Å²) >= 11 is 11.0. The molecule has 1 aliphatic rings. The predicted octanol–water partition coefficient (Wildman–Crippen LogP) is 3.90. The monoisotopic (exact) mass is 270 g/mol. The SMILES string of the molecule is O=C1CCCc2c(OCC=C(Cl)Cl)cccc21. The van der Waals surface area contributed by atoms with Crippen LogP contribution in [0.5, 0.6) is 5.75 Å². The normalized spacial score (nSPS) is 14.1. The second kappa shape index (κ2) is 5.56. The van der Waals surface area contributed by atoms with Crippen molar-refractivity contribution in [2.45, 2.75) is 19.3 Å². The summed E-state index contributed by atoms with van der Waals surface area (Å²) in [5, 5.41) is 0. The average molecular weight is 271 g/mol. The molecule has 2 rings (SSSR count). The van der Waals surface area contributed by atoms with Gasteiger partial charge in [-0.1, -0.05) is 35.3 Å². The van der Waals surface area contributed by atoms with Gasteiger partial charge in [-0.2, -0.15) is 0 Å². The Kier molecular flexibility index (Phi) is 4.08. The van der Waals surface area contributed by atoms with E-state index in [2.05, 4.69) is 0 Å². The Morgan fingerprint density at radius 2 is 2.18 bits per heavy atom. The molecule has 0 bridgehead atoms. The first-order valence-corrected chi connectivity index (χ1v) is 6.23. The van der Waals surface area contributed by atoms with Crippen molar-refractivity contribution in [1.29, 1.82) is 0 Å². The maximum Gasteiger partial charge on any atom is 0.163 e. The van der Waals surface area contributed by atoms with Crippen LogP contribution in [0.1, 0.15) is 28.8 Å². The Labute approximate surface area is 110 Å². The fourth-order valence-electron chi connectivity index (χ4n) is 1.97. The summed E-state index contributed by atoms with van der Waals surface area (Å²) in [7, 11) is 0. The molecule has 0 radical (unpaired) electrons. The fraction of sp³-hybridized carbons (Fsp3) is 0.308. The van der Waals surface area contributed by atoms with Gasteiger partial charge in [0.1, 0.15) is 16.8 Å². The number of hydrogen-bond donors (Lipinski definition) is 0. The van der Waals surface area contributed by atoms with Crippen molar-refractivity contribution in [2.75, 3.05) is 6.61 Å². The molecule has 4 heteroatoms. The van der Waals surface area contributed by atoms with Gasteiger partial charge >= 0.3 is 0 Å². The molecule has 1 aromatic rings. The van der Waals surface area contributed by atoms with Gasteiger partial charge in [-0.3, -0.25) is 4.79 Å². The molecule has 1 aliphatic carbocycles. The lowest BCUT2D eigenvalue weighted by atomic mass is 9.90. The van der Waals surface area contributed by atoms with E-state index < -0.39 is 0 Å². The third-order valence-electron chi connectivity index (χ3n) is 2.74. The van der Waals surface area contributed by atoms with Crippen molar-refractivity contribution in [3.63, 3.8) is 0 Å². The average Bonchev–Trinajstić information content (AvgIpc) is 2.30. The predicted molar refractivity (Wildman–Crippen MR) is 69.0 cm³/mol. The Bertz CT molecular complexity index is 462. The summed E-state index contributed by atoms with van der Waals surface area (Å²) in [6.45, 7) is 0.312. The van der Waals surface area contributed by atoms with Crippen molar-refractivity contribution in [3.8, 4) is 5.75 Å². The van der Waals surface area contributed by atoms with E-state index in [4.69, 9.17) is 27.9 Å². The van der Waals surface area contributed by atoms with Crippen LogP contribution in [0.3, 0.4) is 0 Å². The molecule has 0 aliphatic heterocycles. The molecule has 0 saturated carbocycles. The van der Waals surface area contributed by atoms with Crippen LogP contribution >= 0.6 is 23.2 Å². The lowest BCUT2D eigenvalue weighted by molar-refractivity contribution is 0.0971. The van der Waals surface area contributed by atoms with E-state index >= 15 is 0 Å². The van der Waals surface area contributed by atoms with Gasteiger partial charge in [-0.15, -0.1) is 0 Å². The summed E-state index contributed by atoms with van der Waals surface area (Å²) < 4.78 is 5.75. The number of benzene rings is 1. The highest BCUT2D eigenvalue weighted by Gasteiger charge is 2.19. The van der Waals surface area contributed by atoms with Gasteiger partial charge in [0.25, 0.3) is 0 Å². The molecule has 0 amide bonds. The first-order valence-electron chi connectivity index (χ1n) is 5.47. The van der Waals surface area contributed by atoms with Gasteiger partial charge in [0, 0.05) is 17.5 Å². The Morgan fingerprint density at radius 1 is 1.35 bits per heavy atom. The van der Waals surface area contributed by atoms with Crippen LogP contribution in [-0.4, -0.2) is 12.4 Å². The Hall–Kier alpha value is -0.990. The van der Waals surface area contributed by atoms with Crippen LogP contribution in [0, 0.1) is 0 Å². The van der Waals surface area contributed by atoms with E-state index in [0.717, 1.165) is 29.7 Å². The highest BCUT2D eigenvalue weighted by atomic mass is 35.5. The lowest BCUT2D eigenvalue weighted by Gasteiger charge is -2.18. The second-order valence-corrected chi connectivity index (χ2v) is 4.87. The smallest absolute Gasteiger partial charge is 0.163 e. The fourth-order valence-corrected chi connectivity index (χ4v) is 2.10. The number of hydrogen-bond acceptors (Lipinski definition) is 2. The largest absolute Gasteiger partial charge is 0.489 e. The maximum absolute atomic E-state index is 11.7. The first kappa shape index (κ1) is 12.5. The molecular formula is C13H12Cl2O2. The minimum absolute atomic E-state index is 0.186. The summed E-state index contributed by atoms with van der Waals surface area (Å²) in [5.41, 5.74) is 1.79. The number of carbonyl (C=O) groups is 1. The van der Waals surface area contributed by atoms with Crippen LogP contribution < -0.4 is 4.74 Å². The number of halogens is 2. The third-order valence-corrected chi connectivity index (χ3v) is 3.05. The number of rotatable bonds is 3. The Balaban J connectivity index is 2.20. The van der Waals surface area contributed by atoms with Gasteiger partial charge in [0.05, 0.1) is 0 Å². The van der Waals surface area contributed by atoms with Crippen molar-refractivity contribution in [1.82, 2.24) is 0 Å². The van der Waals surface area contributed by atoms with Gasteiger partial charge in [-0.25, -0.2) is 0 Å². The number of ether oxygens (including phenoxy) is 1. The zero-order chi connectivity index (χ0) is 12.3. The topological polar surface area (TPSA) is 26.3 Å². The first-order chi connectivity index (χ1) is 8.18. The van der Waals surface area contributed by atoms with Gasteiger partial charge in [0.15, 0.2) is 5.78 Å². The van der Waals surface area contributed by atoms with Crippen molar-refractivity contribution in [2.24, 2.45) is 0 Å². The van der Waals surface area contributed by atoms with Gasteiger partial charge < -0.3 is 4.74 Å². The second-order valence-electron chi connectivity index (χ2n) is 3.86. The van der Waals surface area contributed by atoms with E-state index in [-0.39, 0.29) is 10.3 Å². The number of ketones is 1. The molecule has 0 N–H and O–H groups in total. The molecular weight excluding hydrogens is 259 g/mol. The summed E-state index contributed by atoms with van der Waals surface area (Å²) in [6, 6.07) is 5.56. The van der Waals surface area contributed by atoms with E-state index in [1.807, 2.05) is 18.2 Å². The molecule has 0 saturated heterocycles. The molecule has 0 spiro atoms. The van der Waals surface area contributed by atoms with Crippen LogP contribution in [0.4, 0.5) is 0 Å². The molecule has 90 valence electrons. The molecule has 0 aromatic heterocycles. The van der Waals surface area contributed by atoms with E-state index in [0.29, 0.717) is 13.0 Å². The van der Waals surface area contributed by atoms with Crippen molar-refractivity contribution < 1.29 is 9.53 Å². The van der Waals surface area contributed by atoms with E-state index in [9.17, 15) is 4.79 Å². The number of Topliss-reactive ketones (excluding diaryl/α,β-unsaturated/α-hetero) is 1. The Morgan fingerprint density at radius 3 is 2.94 bits per heavy atom. The standard InChI is InChI=1S/C13H12Cl2O2/c14-13(15)7-8-17-12-6-2-3-9-10(12)4-1-5-11(9)16/h2-3,6-7H,1,4-5,8H2. The molecule has 1 aromatic carbocycles. The zero-order valence-electron chi connectivity index (χ0n) is 9.21. The molecule has 17 heavy (non-hydrogen) atoms. The number of carbonyl (C=O) groups excluding carboxylic acids is 1. The summed E-state index contributed by atoms with van der Waals surface area (Å²) in [5.74, 6) is 0.948. The van der Waals surface area contributed by atoms with Gasteiger partial charge in [0.2, 0.25) is 0 Å². The van der Waals surface area contributed by atoms with Crippen LogP contribution in [0.25, 0.3) is 0 Å². The highest BCUT2D eigenvalue weighted by molar-refractivity contribution is 6.55. The number of fused-ring (bicyclic) bond motifs is 1. The molecule has 0 heterocycles. The van der Waals surface area contributed by atoms with E-state index in [1.54, 1.807) is 6.08 Å². The lowest BCUT2D eigenvalue weighted by Crippen LogP contribution is -2.12. The van der Waals surface area contributed by atoms with Crippen LogP contribution in [0.15, 0.2) is 28.8 Å². The van der Waals surface area contributed by atoms with Crippen molar-refractivity contribution in [3.05, 3.63) is 39.9 Å². The van der Waals surface area contributed by atoms with Crippen molar-refractivity contribution >= 4 is 29.0 Å². The van der Waals surface area contributed by atoms with Crippen LogP contribution in [0.2, 0.25) is 0 Å². The van der Waals surface area contributed by atoms with Crippen LogP contribution in [-0.2, 0) is 6.42 Å². The minimum atomic E-state index is 0.186. The molecule has 0 fully saturated rings. The highest BCUT2D eigenvalue weighted by Crippen LogP contribution is 2.29. The minimum Gasteiger partial charge on any atom is -0.489 e. The molecule has 2 nitrogen and oxygen atoms in total. The maximum atomic E-state index is 11.7. The van der Waals surface area contributed by atoms with E-state index in [1.165, 1.54) is 0 Å². The summed E-state index contributed by atoms with van der Waals surface area (Å²) in [6.07, 6.45) is 3.98. The molecule has 0 unspecified atom stereocenters. The van der Waals surface area contributed by atoms with Gasteiger partial charge in [-0.05, 0) is 25.0 Å². The quantitative estimate of drug-likeness (QED) is 0.833. The molecule has 0 atom stereocenters.